The summed E-state index contributed by atoms with van der Waals surface area (Å²) in [6.07, 6.45) is -3.15. The van der Waals surface area contributed by atoms with Gasteiger partial charge in [0.1, 0.15) is 6.61 Å². The van der Waals surface area contributed by atoms with E-state index in [4.69, 9.17) is 23.7 Å². The lowest BCUT2D eigenvalue weighted by Gasteiger charge is -2.34. The van der Waals surface area contributed by atoms with Gasteiger partial charge in [0.05, 0.1) is 0 Å². The van der Waals surface area contributed by atoms with E-state index in [1.165, 1.54) is 0 Å². The normalized spacial score (nSPS) is 13.9. The minimum atomic E-state index is -1.76. The number of esters is 5. The van der Waals surface area contributed by atoms with Crippen LogP contribution in [-0.4, -0.2) is 73.3 Å². The van der Waals surface area contributed by atoms with E-state index in [1.54, 1.807) is 0 Å². The van der Waals surface area contributed by atoms with Crippen molar-refractivity contribution in [3.05, 3.63) is 0 Å². The summed E-state index contributed by atoms with van der Waals surface area (Å²) >= 11 is 0. The molecule has 0 heterocycles. The standard InChI is InChI=1S/C22H35NO11/c1-7-8-9-10-11-23-22(29)21(34-17(6)28)20(33-16(5)27)19(32-15(4)26)18(31-14(3)25)12-30-13(2)24/h18-21H,7-12H2,1-6H3,(H,23,29)/t18-,19-,20+,21+/m1/s1. The largest absolute Gasteiger partial charge is 0.462 e. The van der Waals surface area contributed by atoms with Crippen LogP contribution in [0.25, 0.3) is 0 Å². The Kier molecular flexibility index (Phi) is 14.9. The molecular formula is C22H35NO11. The van der Waals surface area contributed by atoms with Gasteiger partial charge in [-0.05, 0) is 6.42 Å². The number of rotatable bonds is 15. The predicted octanol–water partition coefficient (Wildman–Crippen LogP) is 0.973. The average molecular weight is 490 g/mol. The van der Waals surface area contributed by atoms with Crippen molar-refractivity contribution in [3.63, 3.8) is 0 Å². The number of ether oxygens (including phenoxy) is 5. The Bertz CT molecular complexity index is 722. The Morgan fingerprint density at radius 3 is 1.65 bits per heavy atom. The van der Waals surface area contributed by atoms with Crippen LogP contribution in [0.5, 0.6) is 0 Å². The SMILES string of the molecule is CCCCCCNC(=O)[C@@H](OC(C)=O)[C@@H](OC(C)=O)[C@H](OC(C)=O)[C@@H](COC(C)=O)OC(C)=O. The lowest BCUT2D eigenvalue weighted by Crippen LogP contribution is -2.57. The summed E-state index contributed by atoms with van der Waals surface area (Å²) in [6.45, 7) is 6.95. The molecule has 0 bridgehead atoms. The summed E-state index contributed by atoms with van der Waals surface area (Å²) in [5.41, 5.74) is 0. The van der Waals surface area contributed by atoms with Gasteiger partial charge in [0.15, 0.2) is 18.3 Å². The van der Waals surface area contributed by atoms with Gasteiger partial charge in [-0.3, -0.25) is 28.8 Å². The fourth-order valence-electron chi connectivity index (χ4n) is 2.96. The Hall–Kier alpha value is -3.18. The quantitative estimate of drug-likeness (QED) is 0.198. The van der Waals surface area contributed by atoms with Gasteiger partial charge in [0, 0.05) is 41.2 Å². The highest BCUT2D eigenvalue weighted by Crippen LogP contribution is 2.20. The van der Waals surface area contributed by atoms with Gasteiger partial charge in [0.2, 0.25) is 6.10 Å². The number of hydrogen-bond donors (Lipinski definition) is 1. The molecule has 0 fully saturated rings. The third kappa shape index (κ3) is 13.4. The van der Waals surface area contributed by atoms with Crippen molar-refractivity contribution in [3.8, 4) is 0 Å². The molecule has 0 aromatic carbocycles. The highest BCUT2D eigenvalue weighted by Gasteiger charge is 2.46. The van der Waals surface area contributed by atoms with Gasteiger partial charge in [-0.1, -0.05) is 26.2 Å². The lowest BCUT2D eigenvalue weighted by atomic mass is 10.0. The van der Waals surface area contributed by atoms with Crippen molar-refractivity contribution in [1.82, 2.24) is 5.32 Å². The maximum atomic E-state index is 12.9. The second-order valence-electron chi connectivity index (χ2n) is 7.48. The molecule has 0 saturated heterocycles. The highest BCUT2D eigenvalue weighted by atomic mass is 16.6. The topological polar surface area (TPSA) is 161 Å². The number of unbranched alkanes of at least 4 members (excludes halogenated alkanes) is 3. The second-order valence-corrected chi connectivity index (χ2v) is 7.48. The Balaban J connectivity index is 6.17. The smallest absolute Gasteiger partial charge is 0.303 e. The molecule has 0 aliphatic carbocycles. The van der Waals surface area contributed by atoms with E-state index in [-0.39, 0.29) is 6.54 Å². The zero-order valence-electron chi connectivity index (χ0n) is 20.5. The lowest BCUT2D eigenvalue weighted by molar-refractivity contribution is -0.203. The van der Waals surface area contributed by atoms with Gasteiger partial charge < -0.3 is 29.0 Å². The van der Waals surface area contributed by atoms with E-state index >= 15 is 0 Å². The molecule has 1 N–H and O–H groups in total. The predicted molar refractivity (Wildman–Crippen MR) is 116 cm³/mol. The summed E-state index contributed by atoms with van der Waals surface area (Å²) in [4.78, 5) is 71.4. The second kappa shape index (κ2) is 16.4. The van der Waals surface area contributed by atoms with Crippen molar-refractivity contribution >= 4 is 35.8 Å². The number of carbonyl (C=O) groups excluding carboxylic acids is 6. The first-order valence-electron chi connectivity index (χ1n) is 11.0. The molecule has 0 aliphatic heterocycles. The molecule has 0 saturated carbocycles. The molecule has 12 nitrogen and oxygen atoms in total. The van der Waals surface area contributed by atoms with E-state index in [0.29, 0.717) is 6.42 Å². The molecule has 0 rings (SSSR count). The number of hydrogen-bond acceptors (Lipinski definition) is 11. The third-order valence-electron chi connectivity index (χ3n) is 4.24. The van der Waals surface area contributed by atoms with Crippen molar-refractivity contribution < 1.29 is 52.5 Å². The van der Waals surface area contributed by atoms with Crippen LogP contribution in [0.1, 0.15) is 67.2 Å². The van der Waals surface area contributed by atoms with Crippen molar-refractivity contribution in [2.45, 2.75) is 91.6 Å². The van der Waals surface area contributed by atoms with Gasteiger partial charge in [0.25, 0.3) is 5.91 Å². The molecular weight excluding hydrogens is 454 g/mol. The molecule has 0 aromatic heterocycles. The van der Waals surface area contributed by atoms with Crippen LogP contribution in [0.2, 0.25) is 0 Å². The molecule has 0 spiro atoms. The third-order valence-corrected chi connectivity index (χ3v) is 4.24. The van der Waals surface area contributed by atoms with Crippen LogP contribution >= 0.6 is 0 Å². The van der Waals surface area contributed by atoms with E-state index in [2.05, 4.69) is 5.32 Å². The number of amides is 1. The molecule has 0 unspecified atom stereocenters. The summed E-state index contributed by atoms with van der Waals surface area (Å²) in [6, 6.07) is 0. The zero-order chi connectivity index (χ0) is 26.3. The van der Waals surface area contributed by atoms with Gasteiger partial charge >= 0.3 is 29.8 Å². The van der Waals surface area contributed by atoms with E-state index in [0.717, 1.165) is 53.9 Å². The van der Waals surface area contributed by atoms with Crippen molar-refractivity contribution in [2.75, 3.05) is 13.2 Å². The first kappa shape index (κ1) is 30.8. The molecule has 34 heavy (non-hydrogen) atoms. The average Bonchev–Trinajstić information content (AvgIpc) is 2.71. The van der Waals surface area contributed by atoms with Gasteiger partial charge in [-0.2, -0.15) is 0 Å². The zero-order valence-corrected chi connectivity index (χ0v) is 20.5. The van der Waals surface area contributed by atoms with Crippen LogP contribution in [0.15, 0.2) is 0 Å². The molecule has 0 radical (unpaired) electrons. The van der Waals surface area contributed by atoms with E-state index in [1.807, 2.05) is 6.92 Å². The van der Waals surface area contributed by atoms with Gasteiger partial charge in [-0.15, -0.1) is 0 Å². The molecule has 12 heteroatoms. The van der Waals surface area contributed by atoms with Gasteiger partial charge in [-0.25, -0.2) is 0 Å². The first-order valence-corrected chi connectivity index (χ1v) is 11.0. The fourth-order valence-corrected chi connectivity index (χ4v) is 2.96. The Morgan fingerprint density at radius 1 is 0.647 bits per heavy atom. The Labute approximate surface area is 198 Å². The molecule has 0 aromatic rings. The van der Waals surface area contributed by atoms with E-state index < -0.39 is 66.8 Å². The van der Waals surface area contributed by atoms with Crippen molar-refractivity contribution in [1.29, 1.82) is 0 Å². The highest BCUT2D eigenvalue weighted by molar-refractivity contribution is 5.84. The Morgan fingerprint density at radius 2 is 1.18 bits per heavy atom. The fraction of sp³-hybridized carbons (Fsp3) is 0.727. The van der Waals surface area contributed by atoms with E-state index in [9.17, 15) is 28.8 Å². The molecule has 0 aliphatic rings. The van der Waals surface area contributed by atoms with Crippen LogP contribution in [-0.2, 0) is 52.5 Å². The summed E-state index contributed by atoms with van der Waals surface area (Å²) in [7, 11) is 0. The van der Waals surface area contributed by atoms with Crippen LogP contribution in [0.4, 0.5) is 0 Å². The molecule has 194 valence electrons. The summed E-state index contributed by atoms with van der Waals surface area (Å²) in [5, 5.41) is 2.60. The first-order chi connectivity index (χ1) is 15.9. The van der Waals surface area contributed by atoms with Crippen LogP contribution in [0.3, 0.4) is 0 Å². The van der Waals surface area contributed by atoms with Crippen molar-refractivity contribution in [2.24, 2.45) is 0 Å². The van der Waals surface area contributed by atoms with Crippen LogP contribution in [0, 0.1) is 0 Å². The number of nitrogens with one attached hydrogen (secondary N) is 1. The molecule has 4 atom stereocenters. The monoisotopic (exact) mass is 489 g/mol. The minimum Gasteiger partial charge on any atom is -0.462 e. The maximum Gasteiger partial charge on any atom is 0.303 e. The molecule has 1 amide bonds. The summed E-state index contributed by atoms with van der Waals surface area (Å²) in [5.74, 6) is -5.05. The van der Waals surface area contributed by atoms with Crippen LogP contribution < -0.4 is 5.32 Å². The minimum absolute atomic E-state index is 0.252. The maximum absolute atomic E-state index is 12.9. The summed E-state index contributed by atoms with van der Waals surface area (Å²) < 4.78 is 25.6. The number of carbonyl (C=O) groups is 6.